The van der Waals surface area contributed by atoms with Crippen molar-refractivity contribution >= 4 is 29.1 Å². The zero-order chi connectivity index (χ0) is 5.58. The maximum Gasteiger partial charge on any atom is -0.423 e. The molecule has 0 saturated carbocycles. The van der Waals surface area contributed by atoms with Gasteiger partial charge in [0.15, 0.2) is 0 Å². The van der Waals surface area contributed by atoms with Crippen LogP contribution in [-0.4, -0.2) is 5.48 Å². The summed E-state index contributed by atoms with van der Waals surface area (Å²) in [6, 6.07) is 0. The fraction of sp³-hybridized carbons (Fsp3) is 0. The molecule has 3 nitrogen and oxygen atoms in total. The zero-order valence-corrected chi connectivity index (χ0v) is 6.85. The standard InChI is InChI=1S/3ClH.NO.H2O.Ru/c;;;1-2;;/h3*1H;;1H2;/q;;;-1;;+3/p-3. The van der Waals surface area contributed by atoms with Crippen LogP contribution in [0.2, 0.25) is 0 Å². The van der Waals surface area contributed by atoms with Gasteiger partial charge in [-0.15, -0.1) is 0 Å². The summed E-state index contributed by atoms with van der Waals surface area (Å²) < 4.78 is 0. The van der Waals surface area contributed by atoms with Gasteiger partial charge in [-0.1, -0.05) is 0 Å². The van der Waals surface area contributed by atoms with E-state index in [1.807, 2.05) is 0 Å². The Hall–Kier alpha value is 1.05. The fourth-order valence-electron chi connectivity index (χ4n) is 0. The average molecular weight is 255 g/mol. The molecule has 0 aliphatic heterocycles. The van der Waals surface area contributed by atoms with Crippen molar-refractivity contribution in [2.24, 2.45) is 0 Å². The topological polar surface area (TPSA) is 70.9 Å². The second-order valence-corrected chi connectivity index (χ2v) is 8.07. The van der Waals surface area contributed by atoms with Crippen molar-refractivity contribution in [1.82, 2.24) is 0 Å². The predicted molar refractivity (Wildman–Crippen MR) is 27.9 cm³/mol. The van der Waals surface area contributed by atoms with Gasteiger partial charge in [-0.2, -0.15) is 0 Å². The van der Waals surface area contributed by atoms with Crippen LogP contribution < -0.4 is 0 Å². The fourth-order valence-corrected chi connectivity index (χ4v) is 0. The molecular formula is H2Cl3NO2Ru-. The third-order valence-electron chi connectivity index (χ3n) is 0. The van der Waals surface area contributed by atoms with Crippen LogP contribution in [0.4, 0.5) is 0 Å². The van der Waals surface area contributed by atoms with Crippen LogP contribution in [0.1, 0.15) is 0 Å². The molecule has 7 heavy (non-hydrogen) atoms. The zero-order valence-electron chi connectivity index (χ0n) is 2.84. The Labute approximate surface area is 58.0 Å². The molecule has 0 rings (SSSR count). The molecule has 0 aromatic rings. The van der Waals surface area contributed by atoms with Gasteiger partial charge in [-0.05, 0) is 0 Å². The quantitative estimate of drug-likeness (QED) is 0.606. The van der Waals surface area contributed by atoms with Gasteiger partial charge in [0.25, 0.3) is 0 Å². The van der Waals surface area contributed by atoms with Crippen LogP contribution in [0.15, 0.2) is 0 Å². The van der Waals surface area contributed by atoms with E-state index in [0.29, 0.717) is 0 Å². The minimum Gasteiger partial charge on any atom is -0.577 e. The molecule has 2 N–H and O–H groups in total. The number of nitrogens with zero attached hydrogens (tertiary/aromatic N) is 1. The summed E-state index contributed by atoms with van der Waals surface area (Å²) in [5, 5.41) is 0. The van der Waals surface area contributed by atoms with E-state index >= 15 is 0 Å². The van der Waals surface area contributed by atoms with Gasteiger partial charge in [-0.25, -0.2) is 0 Å². The number of hydrogen-bond donors (Lipinski definition) is 0. The Morgan fingerprint density at radius 2 is 1.14 bits per heavy atom. The van der Waals surface area contributed by atoms with E-state index in [1.165, 1.54) is 0 Å². The molecule has 0 radical (unpaired) electrons. The van der Waals surface area contributed by atoms with Crippen molar-refractivity contribution in [2.75, 3.05) is 0 Å². The first-order valence-corrected chi connectivity index (χ1v) is 7.30. The first-order chi connectivity index (χ1) is 2.73. The summed E-state index contributed by atoms with van der Waals surface area (Å²) >= 11 is -1.75. The third-order valence-corrected chi connectivity index (χ3v) is 0. The molecule has 0 atom stereocenters. The van der Waals surface area contributed by atoms with Crippen LogP contribution in [0.25, 0.3) is 5.59 Å². The largest absolute Gasteiger partial charge is 0.577 e. The Morgan fingerprint density at radius 1 is 1.14 bits per heavy atom. The molecule has 0 aliphatic rings. The summed E-state index contributed by atoms with van der Waals surface area (Å²) in [5.74, 6) is 0. The van der Waals surface area contributed by atoms with Crippen molar-refractivity contribution in [3.05, 3.63) is 10.5 Å². The molecule has 0 amide bonds. The summed E-state index contributed by atoms with van der Waals surface area (Å²) in [4.78, 5) is 7.25. The summed E-state index contributed by atoms with van der Waals surface area (Å²) in [6.07, 6.45) is 0. The summed E-state index contributed by atoms with van der Waals surface area (Å²) in [7, 11) is 14.8. The number of rotatable bonds is 0. The molecule has 49 valence electrons. The molecule has 7 heteroatoms. The SMILES string of the molecule is O.[Cl][Ru]([Cl])[Cl].[N-]=O. The Balaban J connectivity index is -0.0000000480. The van der Waals surface area contributed by atoms with Gasteiger partial charge in [0.05, 0.1) is 0 Å². The first kappa shape index (κ1) is 15.7. The van der Waals surface area contributed by atoms with Crippen molar-refractivity contribution < 1.29 is 18.5 Å². The van der Waals surface area contributed by atoms with Gasteiger partial charge >= 0.3 is 42.1 Å². The molecule has 0 unspecified atom stereocenters. The molecule has 0 saturated heterocycles. The molecular weight excluding hydrogens is 253 g/mol. The second kappa shape index (κ2) is 15.7. The molecule has 0 fully saturated rings. The van der Waals surface area contributed by atoms with Crippen molar-refractivity contribution in [1.29, 1.82) is 0 Å². The molecule has 0 bridgehead atoms. The number of nitroso groups, excluding NO2 is 1. The van der Waals surface area contributed by atoms with Gasteiger partial charge < -0.3 is 16.0 Å². The van der Waals surface area contributed by atoms with E-state index in [4.69, 9.17) is 39.6 Å². The van der Waals surface area contributed by atoms with E-state index in [0.717, 1.165) is 0 Å². The third kappa shape index (κ3) is 162. The molecule has 0 heterocycles. The Morgan fingerprint density at radius 3 is 1.14 bits per heavy atom. The summed E-state index contributed by atoms with van der Waals surface area (Å²) in [5.41, 5.74) is 5.75. The van der Waals surface area contributed by atoms with Crippen LogP contribution in [-0.2, 0) is 13.0 Å². The van der Waals surface area contributed by atoms with Gasteiger partial charge in [-0.3, -0.25) is 0 Å². The average Bonchev–Trinajstić information content (AvgIpc) is 1.41. The predicted octanol–water partition coefficient (Wildman–Crippen LogP) is 1.56. The van der Waals surface area contributed by atoms with Gasteiger partial charge in [0.1, 0.15) is 0 Å². The van der Waals surface area contributed by atoms with Crippen LogP contribution in [0, 0.1) is 4.91 Å². The molecule has 0 aromatic carbocycles. The van der Waals surface area contributed by atoms with Crippen LogP contribution in [0.3, 0.4) is 0 Å². The van der Waals surface area contributed by atoms with E-state index in [2.05, 4.69) is 0 Å². The normalized spacial score (nSPS) is 7.00. The molecule has 0 aromatic heterocycles. The van der Waals surface area contributed by atoms with E-state index in [9.17, 15) is 0 Å². The Kier molecular flexibility index (Phi) is 35.3. The summed E-state index contributed by atoms with van der Waals surface area (Å²) in [6.45, 7) is 0. The van der Waals surface area contributed by atoms with Crippen molar-refractivity contribution in [3.63, 3.8) is 0 Å². The Bertz CT molecular complexity index is 24.1. The van der Waals surface area contributed by atoms with Gasteiger partial charge in [0.2, 0.25) is 0 Å². The van der Waals surface area contributed by atoms with E-state index in [1.54, 1.807) is 0 Å². The minimum absolute atomic E-state index is 0. The number of halogens is 3. The smallest absolute Gasteiger partial charge is 0.423 e. The van der Waals surface area contributed by atoms with Crippen LogP contribution >= 0.6 is 29.1 Å². The minimum atomic E-state index is -1.75. The second-order valence-electron chi connectivity index (χ2n) is 0.152. The molecule has 0 aliphatic carbocycles. The van der Waals surface area contributed by atoms with E-state index in [-0.39, 0.29) is 5.48 Å². The maximum absolute atomic E-state index is 7.25. The number of hydrogen-bond acceptors (Lipinski definition) is 1. The maximum atomic E-state index is 7.25. The van der Waals surface area contributed by atoms with Gasteiger partial charge in [0, 0.05) is 0 Å². The van der Waals surface area contributed by atoms with Crippen molar-refractivity contribution in [3.8, 4) is 0 Å². The van der Waals surface area contributed by atoms with Crippen LogP contribution in [0.5, 0.6) is 0 Å². The van der Waals surface area contributed by atoms with E-state index < -0.39 is 13.0 Å². The van der Waals surface area contributed by atoms with Crippen molar-refractivity contribution in [2.45, 2.75) is 0 Å². The monoisotopic (exact) mass is 255 g/mol. The first-order valence-electron chi connectivity index (χ1n) is 0.583. The molecule has 0 spiro atoms.